The van der Waals surface area contributed by atoms with E-state index >= 15 is 0 Å². The number of carbonyl (C=O) groups is 2. The van der Waals surface area contributed by atoms with Gasteiger partial charge in [0.05, 0.1) is 5.56 Å². The summed E-state index contributed by atoms with van der Waals surface area (Å²) in [5.41, 5.74) is 0.788. The van der Waals surface area contributed by atoms with Crippen molar-refractivity contribution in [3.05, 3.63) is 64.4 Å². The Morgan fingerprint density at radius 2 is 2.05 bits per heavy atom. The predicted octanol–water partition coefficient (Wildman–Crippen LogP) is 2.41. The summed E-state index contributed by atoms with van der Waals surface area (Å²) >= 11 is 5.88. The topological polar surface area (TPSA) is 79.3 Å². The van der Waals surface area contributed by atoms with Crippen LogP contribution in [0.25, 0.3) is 0 Å². The van der Waals surface area contributed by atoms with Crippen LogP contribution in [0, 0.1) is 0 Å². The molecule has 0 aliphatic rings. The van der Waals surface area contributed by atoms with E-state index in [1.54, 1.807) is 6.07 Å². The van der Waals surface area contributed by atoms with Crippen LogP contribution in [0.5, 0.6) is 0 Å². The van der Waals surface area contributed by atoms with Crippen molar-refractivity contribution >= 4 is 23.5 Å². The van der Waals surface area contributed by atoms with Crippen LogP contribution in [-0.4, -0.2) is 28.5 Å². The molecule has 1 heterocycles. The quantitative estimate of drug-likeness (QED) is 0.889. The highest BCUT2D eigenvalue weighted by Gasteiger charge is 2.16. The number of nitrogens with one attached hydrogen (secondary N) is 1. The van der Waals surface area contributed by atoms with Crippen LogP contribution in [0.1, 0.15) is 26.4 Å². The molecule has 5 nitrogen and oxygen atoms in total. The Morgan fingerprint density at radius 3 is 2.76 bits per heavy atom. The molecule has 2 aromatic rings. The van der Waals surface area contributed by atoms with Gasteiger partial charge in [0, 0.05) is 17.8 Å². The highest BCUT2D eigenvalue weighted by atomic mass is 35.5. The predicted molar refractivity (Wildman–Crippen MR) is 78.7 cm³/mol. The Morgan fingerprint density at radius 1 is 1.24 bits per heavy atom. The lowest BCUT2D eigenvalue weighted by molar-refractivity contribution is 0.0690. The molecule has 0 radical (unpaired) electrons. The Kier molecular flexibility index (Phi) is 4.90. The van der Waals surface area contributed by atoms with Gasteiger partial charge in [-0.2, -0.15) is 0 Å². The number of carboxylic acid groups (broad SMARTS) is 1. The first-order chi connectivity index (χ1) is 10.1. The highest BCUT2D eigenvalue weighted by Crippen LogP contribution is 2.11. The molecule has 108 valence electrons. The first-order valence-corrected chi connectivity index (χ1v) is 6.66. The van der Waals surface area contributed by atoms with Crippen LogP contribution in [0.3, 0.4) is 0 Å². The Bertz CT molecular complexity index is 673. The largest absolute Gasteiger partial charge is 0.478 e. The van der Waals surface area contributed by atoms with E-state index in [-0.39, 0.29) is 11.3 Å². The van der Waals surface area contributed by atoms with Gasteiger partial charge in [0.25, 0.3) is 5.91 Å². The molecule has 1 amide bonds. The van der Waals surface area contributed by atoms with E-state index < -0.39 is 11.9 Å². The number of nitrogens with zero attached hydrogens (tertiary/aromatic N) is 1. The van der Waals surface area contributed by atoms with Crippen molar-refractivity contribution in [1.29, 1.82) is 0 Å². The summed E-state index contributed by atoms with van der Waals surface area (Å²) in [6.45, 7) is 0.370. The van der Waals surface area contributed by atoms with E-state index in [9.17, 15) is 9.59 Å². The molecule has 21 heavy (non-hydrogen) atoms. The van der Waals surface area contributed by atoms with Gasteiger partial charge < -0.3 is 10.4 Å². The van der Waals surface area contributed by atoms with E-state index in [1.807, 2.05) is 18.2 Å². The van der Waals surface area contributed by atoms with E-state index in [2.05, 4.69) is 10.3 Å². The Balaban J connectivity index is 1.98. The van der Waals surface area contributed by atoms with Gasteiger partial charge in [-0.15, -0.1) is 0 Å². The summed E-state index contributed by atoms with van der Waals surface area (Å²) in [5, 5.41) is 12.3. The summed E-state index contributed by atoms with van der Waals surface area (Å²) in [6.07, 6.45) is 1.99. The number of pyridine rings is 1. The third kappa shape index (κ3) is 4.03. The van der Waals surface area contributed by atoms with Gasteiger partial charge in [0.2, 0.25) is 0 Å². The number of amides is 1. The summed E-state index contributed by atoms with van der Waals surface area (Å²) in [4.78, 5) is 26.8. The van der Waals surface area contributed by atoms with Crippen LogP contribution < -0.4 is 5.32 Å². The third-order valence-corrected chi connectivity index (χ3v) is 3.08. The standard InChI is InChI=1S/C15H13ClN2O3/c16-11-4-1-3-10(9-11)6-8-18-14(19)13-12(15(20)21)5-2-7-17-13/h1-5,7,9H,6,8H2,(H,18,19)(H,20,21). The normalized spacial score (nSPS) is 10.1. The number of rotatable bonds is 5. The van der Waals surface area contributed by atoms with Crippen LogP contribution in [-0.2, 0) is 6.42 Å². The van der Waals surface area contributed by atoms with Crippen molar-refractivity contribution in [3.8, 4) is 0 Å². The summed E-state index contributed by atoms with van der Waals surface area (Å²) in [7, 11) is 0. The number of halogens is 1. The van der Waals surface area contributed by atoms with Gasteiger partial charge in [0.15, 0.2) is 0 Å². The zero-order valence-electron chi connectivity index (χ0n) is 11.0. The van der Waals surface area contributed by atoms with Crippen molar-refractivity contribution in [3.63, 3.8) is 0 Å². The van der Waals surface area contributed by atoms with Crippen LogP contribution in [0.2, 0.25) is 5.02 Å². The molecule has 0 saturated heterocycles. The number of hydrogen-bond acceptors (Lipinski definition) is 3. The molecule has 0 aliphatic heterocycles. The maximum atomic E-state index is 12.0. The summed E-state index contributed by atoms with van der Waals surface area (Å²) in [6, 6.07) is 10.2. The van der Waals surface area contributed by atoms with Gasteiger partial charge in [0.1, 0.15) is 5.69 Å². The summed E-state index contributed by atoms with van der Waals surface area (Å²) in [5.74, 6) is -1.68. The fourth-order valence-corrected chi connectivity index (χ4v) is 2.07. The van der Waals surface area contributed by atoms with Gasteiger partial charge in [-0.05, 0) is 36.2 Å². The minimum absolute atomic E-state index is 0.0869. The average Bonchev–Trinajstić information content (AvgIpc) is 2.47. The number of aromatic nitrogens is 1. The molecular weight excluding hydrogens is 292 g/mol. The molecular formula is C15H13ClN2O3. The SMILES string of the molecule is O=C(O)c1cccnc1C(=O)NCCc1cccc(Cl)c1. The van der Waals surface area contributed by atoms with Crippen molar-refractivity contribution in [2.45, 2.75) is 6.42 Å². The number of benzene rings is 1. The number of carboxylic acids is 1. The second kappa shape index (κ2) is 6.85. The number of aromatic carboxylic acids is 1. The van der Waals surface area contributed by atoms with E-state index in [0.29, 0.717) is 18.0 Å². The lowest BCUT2D eigenvalue weighted by atomic mass is 10.1. The molecule has 0 unspecified atom stereocenters. The second-order valence-corrected chi connectivity index (χ2v) is 4.78. The molecule has 0 atom stereocenters. The summed E-state index contributed by atoms with van der Waals surface area (Å²) < 4.78 is 0. The first-order valence-electron chi connectivity index (χ1n) is 6.29. The number of carbonyl (C=O) groups excluding carboxylic acids is 1. The minimum Gasteiger partial charge on any atom is -0.478 e. The lowest BCUT2D eigenvalue weighted by Gasteiger charge is -2.07. The fourth-order valence-electron chi connectivity index (χ4n) is 1.86. The number of hydrogen-bond donors (Lipinski definition) is 2. The lowest BCUT2D eigenvalue weighted by Crippen LogP contribution is -2.28. The first kappa shape index (κ1) is 15.0. The smallest absolute Gasteiger partial charge is 0.338 e. The van der Waals surface area contributed by atoms with Crippen molar-refractivity contribution < 1.29 is 14.7 Å². The van der Waals surface area contributed by atoms with E-state index in [4.69, 9.17) is 16.7 Å². The molecule has 0 bridgehead atoms. The molecule has 0 saturated carbocycles. The maximum absolute atomic E-state index is 12.0. The van der Waals surface area contributed by atoms with Gasteiger partial charge in [-0.25, -0.2) is 4.79 Å². The Labute approximate surface area is 126 Å². The van der Waals surface area contributed by atoms with Crippen molar-refractivity contribution in [2.24, 2.45) is 0 Å². The van der Waals surface area contributed by atoms with Crippen LogP contribution >= 0.6 is 11.6 Å². The minimum atomic E-state index is -1.18. The van der Waals surface area contributed by atoms with Crippen LogP contribution in [0.15, 0.2) is 42.6 Å². The van der Waals surface area contributed by atoms with Crippen LogP contribution in [0.4, 0.5) is 0 Å². The third-order valence-electron chi connectivity index (χ3n) is 2.84. The molecule has 1 aromatic heterocycles. The van der Waals surface area contributed by atoms with Gasteiger partial charge >= 0.3 is 5.97 Å². The van der Waals surface area contributed by atoms with Crippen molar-refractivity contribution in [1.82, 2.24) is 10.3 Å². The molecule has 0 fully saturated rings. The monoisotopic (exact) mass is 304 g/mol. The highest BCUT2D eigenvalue weighted by molar-refractivity contribution is 6.30. The molecule has 0 aliphatic carbocycles. The molecule has 2 N–H and O–H groups in total. The average molecular weight is 305 g/mol. The van der Waals surface area contributed by atoms with Gasteiger partial charge in [-0.1, -0.05) is 23.7 Å². The molecule has 1 aromatic carbocycles. The van der Waals surface area contributed by atoms with E-state index in [1.165, 1.54) is 18.3 Å². The Hall–Kier alpha value is -2.40. The van der Waals surface area contributed by atoms with E-state index in [0.717, 1.165) is 5.56 Å². The second-order valence-electron chi connectivity index (χ2n) is 4.34. The van der Waals surface area contributed by atoms with Gasteiger partial charge in [-0.3, -0.25) is 9.78 Å². The molecule has 0 spiro atoms. The fraction of sp³-hybridized carbons (Fsp3) is 0.133. The van der Waals surface area contributed by atoms with Crippen molar-refractivity contribution in [2.75, 3.05) is 6.54 Å². The maximum Gasteiger partial charge on any atom is 0.338 e. The molecule has 2 rings (SSSR count). The molecule has 6 heteroatoms. The zero-order chi connectivity index (χ0) is 15.2. The zero-order valence-corrected chi connectivity index (χ0v) is 11.8.